The highest BCUT2D eigenvalue weighted by Gasteiger charge is 2.35. The number of aryl methyl sites for hydroxylation is 1. The first-order valence-corrected chi connectivity index (χ1v) is 8.27. The number of rotatable bonds is 4. The van der Waals surface area contributed by atoms with Crippen molar-refractivity contribution in [3.8, 4) is 0 Å². The molecule has 0 radical (unpaired) electrons. The zero-order chi connectivity index (χ0) is 17.6. The number of carbonyl (C=O) groups excluding carboxylic acids is 1. The van der Waals surface area contributed by atoms with Crippen LogP contribution in [0.3, 0.4) is 0 Å². The van der Waals surface area contributed by atoms with Gasteiger partial charge in [-0.2, -0.15) is 0 Å². The molecular weight excluding hydrogens is 324 g/mol. The van der Waals surface area contributed by atoms with Gasteiger partial charge in [0.1, 0.15) is 17.2 Å². The third-order valence-corrected chi connectivity index (χ3v) is 4.61. The van der Waals surface area contributed by atoms with Gasteiger partial charge < -0.3 is 9.32 Å². The number of hydrogen-bond donors (Lipinski definition) is 0. The zero-order valence-corrected chi connectivity index (χ0v) is 13.8. The highest BCUT2D eigenvalue weighted by molar-refractivity contribution is 5.99. The summed E-state index contributed by atoms with van der Waals surface area (Å²) in [6.45, 7) is 2.16. The number of furan rings is 1. The van der Waals surface area contributed by atoms with Crippen LogP contribution in [0.2, 0.25) is 0 Å². The minimum atomic E-state index is -0.360. The summed E-state index contributed by atoms with van der Waals surface area (Å²) in [4.78, 5) is 14.8. The van der Waals surface area contributed by atoms with E-state index in [4.69, 9.17) is 4.42 Å². The van der Waals surface area contributed by atoms with Crippen LogP contribution in [0.25, 0.3) is 11.0 Å². The molecule has 1 aliphatic carbocycles. The van der Waals surface area contributed by atoms with Gasteiger partial charge in [-0.15, -0.1) is 0 Å². The molecule has 1 saturated carbocycles. The minimum absolute atomic E-state index is 0.168. The van der Waals surface area contributed by atoms with Gasteiger partial charge in [0.15, 0.2) is 5.76 Å². The molecule has 5 heteroatoms. The molecule has 0 aliphatic heterocycles. The first kappa shape index (κ1) is 15.8. The smallest absolute Gasteiger partial charge is 0.290 e. The van der Waals surface area contributed by atoms with E-state index in [0.29, 0.717) is 23.1 Å². The molecule has 0 spiro atoms. The van der Waals surface area contributed by atoms with E-state index in [1.807, 2.05) is 0 Å². The lowest BCUT2D eigenvalue weighted by Gasteiger charge is -2.21. The second kappa shape index (κ2) is 5.99. The summed E-state index contributed by atoms with van der Waals surface area (Å²) in [5.41, 5.74) is 2.01. The zero-order valence-electron chi connectivity index (χ0n) is 13.8. The van der Waals surface area contributed by atoms with Gasteiger partial charge in [0.05, 0.1) is 0 Å². The lowest BCUT2D eigenvalue weighted by Crippen LogP contribution is -2.32. The van der Waals surface area contributed by atoms with Crippen LogP contribution in [0.5, 0.6) is 0 Å². The standard InChI is InChI=1S/C20H17F2NO2/c1-12-17-10-15(22)6-9-18(17)25-19(12)20(24)23(16-7-8-16)11-13-2-4-14(21)5-3-13/h2-6,9-10,16H,7-8,11H2,1H3. The van der Waals surface area contributed by atoms with Crippen LogP contribution in [-0.2, 0) is 6.54 Å². The van der Waals surface area contributed by atoms with Crippen molar-refractivity contribution in [3.63, 3.8) is 0 Å². The van der Waals surface area contributed by atoms with Gasteiger partial charge in [-0.25, -0.2) is 8.78 Å². The Labute approximate surface area is 143 Å². The summed E-state index contributed by atoms with van der Waals surface area (Å²) >= 11 is 0. The largest absolute Gasteiger partial charge is 0.451 e. The molecule has 0 unspecified atom stereocenters. The monoisotopic (exact) mass is 341 g/mol. The minimum Gasteiger partial charge on any atom is -0.451 e. The molecule has 1 aliphatic rings. The van der Waals surface area contributed by atoms with E-state index in [-0.39, 0.29) is 29.3 Å². The van der Waals surface area contributed by atoms with E-state index >= 15 is 0 Å². The lowest BCUT2D eigenvalue weighted by atomic mass is 10.1. The van der Waals surface area contributed by atoms with Crippen molar-refractivity contribution in [2.24, 2.45) is 0 Å². The van der Waals surface area contributed by atoms with E-state index in [0.717, 1.165) is 18.4 Å². The molecule has 25 heavy (non-hydrogen) atoms. The third-order valence-electron chi connectivity index (χ3n) is 4.61. The van der Waals surface area contributed by atoms with Gasteiger partial charge in [0.25, 0.3) is 5.91 Å². The normalized spacial score (nSPS) is 14.0. The summed E-state index contributed by atoms with van der Waals surface area (Å²) in [6.07, 6.45) is 1.89. The molecule has 3 aromatic rings. The second-order valence-electron chi connectivity index (χ2n) is 6.49. The van der Waals surface area contributed by atoms with Crippen molar-refractivity contribution in [1.82, 2.24) is 4.90 Å². The highest BCUT2D eigenvalue weighted by atomic mass is 19.1. The number of amides is 1. The van der Waals surface area contributed by atoms with E-state index in [1.165, 1.54) is 30.3 Å². The van der Waals surface area contributed by atoms with Crippen LogP contribution in [0.15, 0.2) is 46.9 Å². The molecule has 1 fully saturated rings. The lowest BCUT2D eigenvalue weighted by molar-refractivity contribution is 0.0699. The molecule has 0 bridgehead atoms. The molecule has 3 nitrogen and oxygen atoms in total. The molecule has 1 amide bonds. The average Bonchev–Trinajstić information content (AvgIpc) is 3.39. The van der Waals surface area contributed by atoms with Gasteiger partial charge in [-0.1, -0.05) is 12.1 Å². The summed E-state index contributed by atoms with van der Waals surface area (Å²) in [5.74, 6) is -0.625. The predicted octanol–water partition coefficient (Wildman–Crippen LogP) is 4.82. The van der Waals surface area contributed by atoms with Gasteiger partial charge >= 0.3 is 0 Å². The van der Waals surface area contributed by atoms with Crippen LogP contribution in [0, 0.1) is 18.6 Å². The molecule has 128 valence electrons. The maximum atomic E-state index is 13.5. The van der Waals surface area contributed by atoms with Crippen LogP contribution in [0.4, 0.5) is 8.78 Å². The molecule has 0 atom stereocenters. The van der Waals surface area contributed by atoms with Crippen molar-refractivity contribution in [2.45, 2.75) is 32.4 Å². The maximum absolute atomic E-state index is 13.5. The fourth-order valence-corrected chi connectivity index (χ4v) is 3.07. The van der Waals surface area contributed by atoms with Crippen molar-refractivity contribution >= 4 is 16.9 Å². The van der Waals surface area contributed by atoms with Crippen molar-refractivity contribution < 1.29 is 18.0 Å². The Bertz CT molecular complexity index is 942. The average molecular weight is 341 g/mol. The van der Waals surface area contributed by atoms with Crippen LogP contribution in [0.1, 0.15) is 34.5 Å². The SMILES string of the molecule is Cc1c(C(=O)N(Cc2ccc(F)cc2)C2CC2)oc2ccc(F)cc12. The highest BCUT2D eigenvalue weighted by Crippen LogP contribution is 2.33. The quantitative estimate of drug-likeness (QED) is 0.681. The number of halogens is 2. The maximum Gasteiger partial charge on any atom is 0.290 e. The number of benzene rings is 2. The summed E-state index contributed by atoms with van der Waals surface area (Å²) < 4.78 is 32.3. The molecular formula is C20H17F2NO2. The van der Waals surface area contributed by atoms with Crippen molar-refractivity contribution in [3.05, 3.63) is 71.0 Å². The Morgan fingerprint density at radius 3 is 2.48 bits per heavy atom. The topological polar surface area (TPSA) is 33.5 Å². The van der Waals surface area contributed by atoms with Gasteiger partial charge in [0.2, 0.25) is 0 Å². The molecule has 2 aromatic carbocycles. The summed E-state index contributed by atoms with van der Waals surface area (Å²) in [6, 6.07) is 10.5. The number of fused-ring (bicyclic) bond motifs is 1. The molecule has 0 saturated heterocycles. The Balaban J connectivity index is 1.67. The van der Waals surface area contributed by atoms with Gasteiger partial charge in [-0.05, 0) is 55.7 Å². The van der Waals surface area contributed by atoms with Gasteiger partial charge in [0, 0.05) is 23.5 Å². The molecule has 1 aromatic heterocycles. The summed E-state index contributed by atoms with van der Waals surface area (Å²) in [7, 11) is 0. The van der Waals surface area contributed by atoms with E-state index in [2.05, 4.69) is 0 Å². The number of carbonyl (C=O) groups is 1. The Morgan fingerprint density at radius 1 is 1.12 bits per heavy atom. The predicted molar refractivity (Wildman–Crippen MR) is 90.2 cm³/mol. The number of nitrogens with zero attached hydrogens (tertiary/aromatic N) is 1. The first-order chi connectivity index (χ1) is 12.0. The Morgan fingerprint density at radius 2 is 1.80 bits per heavy atom. The third kappa shape index (κ3) is 3.02. The number of hydrogen-bond acceptors (Lipinski definition) is 2. The van der Waals surface area contributed by atoms with Crippen LogP contribution < -0.4 is 0 Å². The van der Waals surface area contributed by atoms with E-state index in [1.54, 1.807) is 24.0 Å². The second-order valence-corrected chi connectivity index (χ2v) is 6.49. The van der Waals surface area contributed by atoms with Gasteiger partial charge in [-0.3, -0.25) is 4.79 Å². The molecule has 4 rings (SSSR count). The van der Waals surface area contributed by atoms with Crippen LogP contribution >= 0.6 is 0 Å². The summed E-state index contributed by atoms with van der Waals surface area (Å²) in [5, 5.41) is 0.612. The molecule has 0 N–H and O–H groups in total. The fraction of sp³-hybridized carbons (Fsp3) is 0.250. The van der Waals surface area contributed by atoms with Crippen LogP contribution in [-0.4, -0.2) is 16.8 Å². The van der Waals surface area contributed by atoms with Crippen molar-refractivity contribution in [1.29, 1.82) is 0 Å². The van der Waals surface area contributed by atoms with E-state index < -0.39 is 0 Å². The molecule has 1 heterocycles. The Kier molecular flexibility index (Phi) is 3.79. The van der Waals surface area contributed by atoms with E-state index in [9.17, 15) is 13.6 Å². The fourth-order valence-electron chi connectivity index (χ4n) is 3.07. The first-order valence-electron chi connectivity index (χ1n) is 8.27. The Hall–Kier alpha value is -2.69. The van der Waals surface area contributed by atoms with Crippen molar-refractivity contribution in [2.75, 3.05) is 0 Å².